The highest BCUT2D eigenvalue weighted by molar-refractivity contribution is 7.92. The lowest BCUT2D eigenvalue weighted by Crippen LogP contribution is -2.41. The Balaban J connectivity index is 1.78. The normalized spacial score (nSPS) is 14.3. The number of ether oxygens (including phenoxy) is 1. The fraction of sp³-hybridized carbons (Fsp3) is 0.300. The van der Waals surface area contributed by atoms with Crippen LogP contribution in [-0.4, -0.2) is 64.2 Å². The van der Waals surface area contributed by atoms with Crippen LogP contribution in [0.1, 0.15) is 10.4 Å². The number of morpholine rings is 1. The molecule has 0 unspecified atom stereocenters. The van der Waals surface area contributed by atoms with Crippen LogP contribution in [0, 0.1) is 5.82 Å². The molecule has 0 saturated carbocycles. The van der Waals surface area contributed by atoms with Crippen molar-refractivity contribution in [1.82, 2.24) is 4.90 Å². The maximum absolute atomic E-state index is 13.2. The van der Waals surface area contributed by atoms with Gasteiger partial charge in [0.25, 0.3) is 5.91 Å². The molecule has 0 bridgehead atoms. The van der Waals surface area contributed by atoms with E-state index >= 15 is 0 Å². The van der Waals surface area contributed by atoms with E-state index in [-0.39, 0.29) is 17.3 Å². The van der Waals surface area contributed by atoms with Crippen molar-refractivity contribution < 1.29 is 27.1 Å². The lowest BCUT2D eigenvalue weighted by Gasteiger charge is -2.27. The molecule has 160 valence electrons. The van der Waals surface area contributed by atoms with Gasteiger partial charge >= 0.3 is 0 Å². The molecule has 8 nitrogen and oxygen atoms in total. The van der Waals surface area contributed by atoms with E-state index in [2.05, 4.69) is 5.32 Å². The summed E-state index contributed by atoms with van der Waals surface area (Å²) in [7, 11) is -3.80. The number of carbonyl (C=O) groups is 2. The number of carbonyl (C=O) groups excluding carboxylic acids is 2. The topological polar surface area (TPSA) is 96.0 Å². The van der Waals surface area contributed by atoms with Crippen molar-refractivity contribution in [3.05, 3.63) is 59.9 Å². The molecule has 0 atom stereocenters. The number of para-hydroxylation sites is 1. The number of sulfonamides is 1. The molecular weight excluding hydrogens is 413 g/mol. The minimum absolute atomic E-state index is 0.159. The number of hydrogen-bond donors (Lipinski definition) is 1. The van der Waals surface area contributed by atoms with Crippen molar-refractivity contribution in [1.29, 1.82) is 0 Å². The zero-order valence-corrected chi connectivity index (χ0v) is 17.2. The number of anilines is 2. The van der Waals surface area contributed by atoms with E-state index in [9.17, 15) is 22.4 Å². The molecule has 1 heterocycles. The standard InChI is InChI=1S/C20H22FN3O5S/c1-30(27,28)24(16-8-6-15(21)7-9-16)14-19(25)22-18-5-3-2-4-17(18)20(26)23-10-12-29-13-11-23/h2-9H,10-14H2,1H3,(H,22,25). The highest BCUT2D eigenvalue weighted by atomic mass is 32.2. The van der Waals surface area contributed by atoms with Crippen LogP contribution >= 0.6 is 0 Å². The SMILES string of the molecule is CS(=O)(=O)N(CC(=O)Nc1ccccc1C(=O)N1CCOCC1)c1ccc(F)cc1. The van der Waals surface area contributed by atoms with E-state index in [0.717, 1.165) is 22.7 Å². The van der Waals surface area contributed by atoms with E-state index in [1.54, 1.807) is 29.2 Å². The molecule has 1 fully saturated rings. The summed E-state index contributed by atoms with van der Waals surface area (Å²) in [5.41, 5.74) is 0.749. The number of hydrogen-bond acceptors (Lipinski definition) is 5. The summed E-state index contributed by atoms with van der Waals surface area (Å²) in [4.78, 5) is 27.1. The molecule has 2 amide bonds. The van der Waals surface area contributed by atoms with Crippen molar-refractivity contribution in [2.45, 2.75) is 0 Å². The summed E-state index contributed by atoms with van der Waals surface area (Å²) in [6, 6.07) is 11.3. The summed E-state index contributed by atoms with van der Waals surface area (Å²) < 4.78 is 43.6. The first-order chi connectivity index (χ1) is 14.3. The van der Waals surface area contributed by atoms with Crippen LogP contribution in [0.25, 0.3) is 0 Å². The predicted octanol–water partition coefficient (Wildman–Crippen LogP) is 1.70. The zero-order chi connectivity index (χ0) is 21.7. The molecule has 0 aromatic heterocycles. The van der Waals surface area contributed by atoms with E-state index < -0.39 is 28.3 Å². The fourth-order valence-electron chi connectivity index (χ4n) is 3.04. The molecule has 1 aliphatic rings. The summed E-state index contributed by atoms with van der Waals surface area (Å²) in [6.45, 7) is 1.27. The van der Waals surface area contributed by atoms with Gasteiger partial charge in [0.05, 0.1) is 36.4 Å². The largest absolute Gasteiger partial charge is 0.378 e. The smallest absolute Gasteiger partial charge is 0.256 e. The lowest BCUT2D eigenvalue weighted by atomic mass is 10.1. The Morgan fingerprint density at radius 3 is 2.37 bits per heavy atom. The van der Waals surface area contributed by atoms with E-state index in [4.69, 9.17) is 4.74 Å². The van der Waals surface area contributed by atoms with Gasteiger partial charge < -0.3 is 15.0 Å². The van der Waals surface area contributed by atoms with Gasteiger partial charge in [0.15, 0.2) is 0 Å². The summed E-state index contributed by atoms with van der Waals surface area (Å²) in [5.74, 6) is -1.40. The third-order valence-electron chi connectivity index (χ3n) is 4.53. The number of benzene rings is 2. The van der Waals surface area contributed by atoms with Gasteiger partial charge in [-0.25, -0.2) is 12.8 Å². The molecule has 2 aromatic carbocycles. The van der Waals surface area contributed by atoms with Crippen LogP contribution < -0.4 is 9.62 Å². The first-order valence-electron chi connectivity index (χ1n) is 9.25. The Morgan fingerprint density at radius 1 is 1.10 bits per heavy atom. The number of amides is 2. The molecular formula is C20H22FN3O5S. The maximum Gasteiger partial charge on any atom is 0.256 e. The Labute approximate surface area is 174 Å². The monoisotopic (exact) mass is 435 g/mol. The van der Waals surface area contributed by atoms with Crippen molar-refractivity contribution in [2.75, 3.05) is 48.7 Å². The van der Waals surface area contributed by atoms with Gasteiger partial charge in [-0.2, -0.15) is 0 Å². The molecule has 0 spiro atoms. The van der Waals surface area contributed by atoms with Gasteiger partial charge in [0, 0.05) is 13.1 Å². The van der Waals surface area contributed by atoms with Crippen LogP contribution in [0.2, 0.25) is 0 Å². The van der Waals surface area contributed by atoms with Crippen LogP contribution in [0.15, 0.2) is 48.5 Å². The van der Waals surface area contributed by atoms with Gasteiger partial charge in [-0.05, 0) is 36.4 Å². The van der Waals surface area contributed by atoms with Crippen LogP contribution in [0.5, 0.6) is 0 Å². The molecule has 2 aromatic rings. The van der Waals surface area contributed by atoms with E-state index in [1.165, 1.54) is 12.1 Å². The second kappa shape index (κ2) is 9.23. The lowest BCUT2D eigenvalue weighted by molar-refractivity contribution is -0.114. The zero-order valence-electron chi connectivity index (χ0n) is 16.4. The average molecular weight is 435 g/mol. The minimum Gasteiger partial charge on any atom is -0.378 e. The summed E-state index contributed by atoms with van der Waals surface area (Å²) in [5, 5.41) is 2.62. The van der Waals surface area contributed by atoms with E-state index in [0.29, 0.717) is 31.9 Å². The third-order valence-corrected chi connectivity index (χ3v) is 5.67. The Kier molecular flexibility index (Phi) is 6.68. The number of halogens is 1. The Hall–Kier alpha value is -2.98. The van der Waals surface area contributed by atoms with Gasteiger partial charge in [-0.1, -0.05) is 12.1 Å². The van der Waals surface area contributed by atoms with Crippen LogP contribution in [0.4, 0.5) is 15.8 Å². The van der Waals surface area contributed by atoms with Gasteiger partial charge in [0.1, 0.15) is 12.4 Å². The summed E-state index contributed by atoms with van der Waals surface area (Å²) in [6.07, 6.45) is 0.958. The Bertz CT molecular complexity index is 1020. The fourth-order valence-corrected chi connectivity index (χ4v) is 3.90. The molecule has 1 aliphatic heterocycles. The predicted molar refractivity (Wildman–Crippen MR) is 110 cm³/mol. The first-order valence-corrected chi connectivity index (χ1v) is 11.1. The van der Waals surface area contributed by atoms with Gasteiger partial charge in [-0.15, -0.1) is 0 Å². The molecule has 1 saturated heterocycles. The minimum atomic E-state index is -3.80. The van der Waals surface area contributed by atoms with Crippen LogP contribution in [0.3, 0.4) is 0 Å². The number of rotatable bonds is 6. The molecule has 3 rings (SSSR count). The van der Waals surface area contributed by atoms with Crippen molar-refractivity contribution >= 4 is 33.2 Å². The molecule has 0 radical (unpaired) electrons. The number of nitrogens with one attached hydrogen (secondary N) is 1. The molecule has 30 heavy (non-hydrogen) atoms. The molecule has 10 heteroatoms. The highest BCUT2D eigenvalue weighted by Gasteiger charge is 2.24. The number of nitrogens with zero attached hydrogens (tertiary/aromatic N) is 2. The average Bonchev–Trinajstić information content (AvgIpc) is 2.72. The molecule has 0 aliphatic carbocycles. The Morgan fingerprint density at radius 2 is 1.73 bits per heavy atom. The van der Waals surface area contributed by atoms with E-state index in [1.807, 2.05) is 0 Å². The quantitative estimate of drug-likeness (QED) is 0.745. The van der Waals surface area contributed by atoms with Crippen molar-refractivity contribution in [3.8, 4) is 0 Å². The van der Waals surface area contributed by atoms with Crippen molar-refractivity contribution in [2.24, 2.45) is 0 Å². The maximum atomic E-state index is 13.2. The van der Waals surface area contributed by atoms with Gasteiger partial charge in [-0.3, -0.25) is 13.9 Å². The summed E-state index contributed by atoms with van der Waals surface area (Å²) >= 11 is 0. The highest BCUT2D eigenvalue weighted by Crippen LogP contribution is 2.20. The second-order valence-corrected chi connectivity index (χ2v) is 8.65. The van der Waals surface area contributed by atoms with Gasteiger partial charge in [0.2, 0.25) is 15.9 Å². The third kappa shape index (κ3) is 5.33. The van der Waals surface area contributed by atoms with Crippen LogP contribution in [-0.2, 0) is 19.6 Å². The molecule has 1 N–H and O–H groups in total. The second-order valence-electron chi connectivity index (χ2n) is 6.74. The first kappa shape index (κ1) is 21.7. The van der Waals surface area contributed by atoms with Crippen molar-refractivity contribution in [3.63, 3.8) is 0 Å².